The summed E-state index contributed by atoms with van der Waals surface area (Å²) >= 11 is 0. The number of piperidine rings is 1. The van der Waals surface area contributed by atoms with Crippen LogP contribution in [-0.4, -0.2) is 26.2 Å². The van der Waals surface area contributed by atoms with Crippen LogP contribution in [0, 0.1) is 0 Å². The number of hydroxylamine groups is 2. The lowest BCUT2D eigenvalue weighted by atomic mass is 10.1. The summed E-state index contributed by atoms with van der Waals surface area (Å²) in [6, 6.07) is 7.83. The van der Waals surface area contributed by atoms with Gasteiger partial charge < -0.3 is 4.74 Å². The van der Waals surface area contributed by atoms with Crippen LogP contribution in [0.2, 0.25) is 0 Å². The molecular weight excluding hydrogens is 242 g/mol. The molecule has 0 atom stereocenters. The van der Waals surface area contributed by atoms with Gasteiger partial charge in [-0.1, -0.05) is 13.0 Å². The van der Waals surface area contributed by atoms with Crippen molar-refractivity contribution >= 4 is 11.7 Å². The Bertz CT molecular complexity index is 439. The van der Waals surface area contributed by atoms with Gasteiger partial charge in [0.15, 0.2) is 5.69 Å². The summed E-state index contributed by atoms with van der Waals surface area (Å²) in [7, 11) is 1.65. The molecule has 4 heteroatoms. The van der Waals surface area contributed by atoms with E-state index in [1.807, 2.05) is 31.2 Å². The predicted octanol–water partition coefficient (Wildman–Crippen LogP) is 3.05. The molecule has 104 valence electrons. The van der Waals surface area contributed by atoms with Crippen molar-refractivity contribution in [1.29, 1.82) is 0 Å². The van der Waals surface area contributed by atoms with Gasteiger partial charge in [0, 0.05) is 31.4 Å². The Balaban J connectivity index is 2.32. The molecule has 19 heavy (non-hydrogen) atoms. The Kier molecular flexibility index (Phi) is 4.43. The normalized spacial score (nSPS) is 17.8. The third-order valence-corrected chi connectivity index (χ3v) is 3.63. The van der Waals surface area contributed by atoms with E-state index in [2.05, 4.69) is 0 Å². The van der Waals surface area contributed by atoms with E-state index >= 15 is 0 Å². The fourth-order valence-electron chi connectivity index (χ4n) is 2.55. The van der Waals surface area contributed by atoms with E-state index in [9.17, 15) is 4.79 Å². The molecule has 1 fully saturated rings. The lowest BCUT2D eigenvalue weighted by molar-refractivity contribution is -0.189. The van der Waals surface area contributed by atoms with E-state index in [-0.39, 0.29) is 5.97 Å². The topological polar surface area (TPSA) is 35.5 Å². The molecule has 0 bridgehead atoms. The molecule has 0 unspecified atom stereocenters. The summed E-state index contributed by atoms with van der Waals surface area (Å²) in [6.45, 7) is 3.52. The largest absolute Gasteiger partial charge is 0.497 e. The zero-order valence-electron chi connectivity index (χ0n) is 11.7. The van der Waals surface area contributed by atoms with Crippen LogP contribution in [0.4, 0.5) is 5.69 Å². The van der Waals surface area contributed by atoms with Crippen molar-refractivity contribution in [2.45, 2.75) is 32.6 Å². The standard InChI is InChI=1S/C15H22NO3/c1-3-15(17)19-16(10-5-4-6-11-16)13-8-7-9-14(12-13)18-2/h7-9,12H,3-6,10-11H2,1-2H3/q+1. The number of ether oxygens (including phenoxy) is 1. The van der Waals surface area contributed by atoms with Crippen molar-refractivity contribution in [2.24, 2.45) is 0 Å². The van der Waals surface area contributed by atoms with Crippen molar-refractivity contribution < 1.29 is 14.4 Å². The van der Waals surface area contributed by atoms with Gasteiger partial charge in [-0.3, -0.25) is 4.84 Å². The molecule has 0 spiro atoms. The average Bonchev–Trinajstić information content (AvgIpc) is 2.48. The second kappa shape index (κ2) is 6.06. The maximum atomic E-state index is 11.7. The van der Waals surface area contributed by atoms with E-state index in [1.54, 1.807) is 7.11 Å². The van der Waals surface area contributed by atoms with E-state index in [0.717, 1.165) is 37.4 Å². The average molecular weight is 264 g/mol. The molecule has 1 aromatic carbocycles. The highest BCUT2D eigenvalue weighted by molar-refractivity contribution is 5.70. The van der Waals surface area contributed by atoms with Gasteiger partial charge in [0.25, 0.3) is 0 Å². The molecule has 1 aromatic rings. The van der Waals surface area contributed by atoms with Crippen molar-refractivity contribution in [2.75, 3.05) is 20.2 Å². The molecule has 1 aliphatic rings. The molecule has 0 saturated carbocycles. The van der Waals surface area contributed by atoms with Crippen molar-refractivity contribution in [1.82, 2.24) is 4.65 Å². The third-order valence-electron chi connectivity index (χ3n) is 3.63. The van der Waals surface area contributed by atoms with Gasteiger partial charge in [0.2, 0.25) is 0 Å². The summed E-state index contributed by atoms with van der Waals surface area (Å²) in [5.41, 5.74) is 1.00. The Hall–Kier alpha value is -1.55. The molecule has 0 aromatic heterocycles. The number of hydrogen-bond donors (Lipinski definition) is 0. The highest BCUT2D eigenvalue weighted by atomic mass is 16.7. The minimum absolute atomic E-state index is 0.148. The first-order chi connectivity index (χ1) is 9.20. The summed E-state index contributed by atoms with van der Waals surface area (Å²) < 4.78 is 5.58. The number of benzene rings is 1. The van der Waals surface area contributed by atoms with Crippen LogP contribution in [0.15, 0.2) is 24.3 Å². The van der Waals surface area contributed by atoms with Gasteiger partial charge in [-0.25, -0.2) is 4.79 Å². The third kappa shape index (κ3) is 3.07. The first-order valence-corrected chi connectivity index (χ1v) is 6.94. The number of nitrogens with zero attached hydrogens (tertiary/aromatic N) is 1. The number of methoxy groups -OCH3 is 1. The molecule has 0 radical (unpaired) electrons. The molecule has 1 heterocycles. The van der Waals surface area contributed by atoms with Gasteiger partial charge in [0.1, 0.15) is 18.8 Å². The highest BCUT2D eigenvalue weighted by Crippen LogP contribution is 2.32. The molecule has 0 aliphatic carbocycles. The monoisotopic (exact) mass is 264 g/mol. The Morgan fingerprint density at radius 1 is 1.26 bits per heavy atom. The molecular formula is C15H22NO3+. The minimum Gasteiger partial charge on any atom is -0.497 e. The second-order valence-electron chi connectivity index (χ2n) is 4.92. The first-order valence-electron chi connectivity index (χ1n) is 6.94. The van der Waals surface area contributed by atoms with Crippen LogP contribution < -0.4 is 9.38 Å². The molecule has 4 nitrogen and oxygen atoms in total. The van der Waals surface area contributed by atoms with Crippen LogP contribution in [0.1, 0.15) is 32.6 Å². The van der Waals surface area contributed by atoms with Crippen LogP contribution in [0.25, 0.3) is 0 Å². The zero-order chi connectivity index (χ0) is 13.7. The van der Waals surface area contributed by atoms with E-state index in [1.165, 1.54) is 6.42 Å². The maximum Gasteiger partial charge on any atom is 0.367 e. The summed E-state index contributed by atoms with van der Waals surface area (Å²) in [4.78, 5) is 17.5. The molecule has 2 rings (SSSR count). The number of carbonyl (C=O) groups excluding carboxylic acids is 1. The quantitative estimate of drug-likeness (QED) is 0.784. The Morgan fingerprint density at radius 3 is 2.63 bits per heavy atom. The Morgan fingerprint density at radius 2 is 2.00 bits per heavy atom. The lowest BCUT2D eigenvalue weighted by Gasteiger charge is -2.36. The predicted molar refractivity (Wildman–Crippen MR) is 74.8 cm³/mol. The summed E-state index contributed by atoms with van der Waals surface area (Å²) in [5.74, 6) is 0.651. The number of rotatable bonds is 4. The Labute approximate surface area is 114 Å². The number of hydrogen-bond acceptors (Lipinski definition) is 3. The fourth-order valence-corrected chi connectivity index (χ4v) is 2.55. The van der Waals surface area contributed by atoms with E-state index < -0.39 is 0 Å². The van der Waals surface area contributed by atoms with Gasteiger partial charge in [0.05, 0.1) is 7.11 Å². The van der Waals surface area contributed by atoms with Crippen LogP contribution in [0.5, 0.6) is 5.75 Å². The van der Waals surface area contributed by atoms with Gasteiger partial charge in [-0.15, -0.1) is 4.65 Å². The summed E-state index contributed by atoms with van der Waals surface area (Å²) in [5, 5.41) is 0. The van der Waals surface area contributed by atoms with Crippen molar-refractivity contribution in [3.63, 3.8) is 0 Å². The second-order valence-corrected chi connectivity index (χ2v) is 4.92. The first kappa shape index (κ1) is 13.9. The van der Waals surface area contributed by atoms with Gasteiger partial charge in [-0.2, -0.15) is 0 Å². The fraction of sp³-hybridized carbons (Fsp3) is 0.533. The minimum atomic E-state index is -0.148. The van der Waals surface area contributed by atoms with Gasteiger partial charge in [-0.05, 0) is 12.5 Å². The van der Waals surface area contributed by atoms with Crippen LogP contribution >= 0.6 is 0 Å². The lowest BCUT2D eigenvalue weighted by Crippen LogP contribution is -2.53. The molecule has 0 N–H and O–H groups in total. The number of carbonyl (C=O) groups is 1. The zero-order valence-corrected chi connectivity index (χ0v) is 11.7. The van der Waals surface area contributed by atoms with E-state index in [4.69, 9.17) is 9.57 Å². The molecule has 0 amide bonds. The van der Waals surface area contributed by atoms with Gasteiger partial charge >= 0.3 is 5.97 Å². The molecule has 1 saturated heterocycles. The summed E-state index contributed by atoms with van der Waals surface area (Å²) in [6.07, 6.45) is 3.76. The van der Waals surface area contributed by atoms with Crippen LogP contribution in [-0.2, 0) is 9.63 Å². The van der Waals surface area contributed by atoms with Crippen molar-refractivity contribution in [3.8, 4) is 5.75 Å². The molecule has 1 aliphatic heterocycles. The van der Waals surface area contributed by atoms with Crippen molar-refractivity contribution in [3.05, 3.63) is 24.3 Å². The number of quaternary nitrogens is 1. The van der Waals surface area contributed by atoms with Crippen LogP contribution in [0.3, 0.4) is 0 Å². The van der Waals surface area contributed by atoms with E-state index in [0.29, 0.717) is 11.1 Å². The maximum absolute atomic E-state index is 11.7. The smallest absolute Gasteiger partial charge is 0.367 e. The SMILES string of the molecule is CCC(=O)O[N+]1(c2cccc(OC)c2)CCCCC1. The highest BCUT2D eigenvalue weighted by Gasteiger charge is 2.38.